The molecule has 7 heteroatoms. The fourth-order valence-corrected chi connectivity index (χ4v) is 2.93. The van der Waals surface area contributed by atoms with Crippen LogP contribution >= 0.6 is 0 Å². The lowest BCUT2D eigenvalue weighted by Crippen LogP contribution is -2.04. The van der Waals surface area contributed by atoms with E-state index in [1.54, 1.807) is 12.3 Å². The highest BCUT2D eigenvalue weighted by molar-refractivity contribution is 5.85. The number of nitrogens with zero attached hydrogens (tertiary/aromatic N) is 1. The van der Waals surface area contributed by atoms with E-state index in [0.29, 0.717) is 28.0 Å². The van der Waals surface area contributed by atoms with Crippen molar-refractivity contribution in [3.05, 3.63) is 88.8 Å². The molecule has 0 aliphatic carbocycles. The number of aromatic nitrogens is 2. The van der Waals surface area contributed by atoms with Gasteiger partial charge in [-0.15, -0.1) is 0 Å². The van der Waals surface area contributed by atoms with Gasteiger partial charge in [0.05, 0.1) is 22.2 Å². The number of hydrogen-bond acceptors (Lipinski definition) is 3. The van der Waals surface area contributed by atoms with Gasteiger partial charge in [0.15, 0.2) is 5.43 Å². The minimum Gasteiger partial charge on any atom is -0.361 e. The van der Waals surface area contributed by atoms with Crippen LogP contribution in [0.1, 0.15) is 5.56 Å². The highest BCUT2D eigenvalue weighted by Crippen LogP contribution is 2.32. The minimum atomic E-state index is -4.37. The van der Waals surface area contributed by atoms with Crippen molar-refractivity contribution in [1.29, 1.82) is 0 Å². The van der Waals surface area contributed by atoms with Crippen LogP contribution in [0.3, 0.4) is 0 Å². The van der Waals surface area contributed by atoms with E-state index in [2.05, 4.69) is 15.3 Å². The number of halogens is 3. The van der Waals surface area contributed by atoms with Gasteiger partial charge < -0.3 is 10.3 Å². The normalized spacial score (nSPS) is 11.5. The molecule has 0 radical (unpaired) electrons. The van der Waals surface area contributed by atoms with Crippen molar-refractivity contribution >= 4 is 22.3 Å². The second kappa shape index (κ2) is 6.84. The summed E-state index contributed by atoms with van der Waals surface area (Å²) in [5, 5.41) is 3.62. The molecule has 0 aliphatic heterocycles. The van der Waals surface area contributed by atoms with E-state index in [0.717, 1.165) is 17.7 Å². The van der Waals surface area contributed by atoms with Crippen molar-refractivity contribution in [2.75, 3.05) is 5.32 Å². The molecule has 0 saturated heterocycles. The number of alkyl halides is 3. The maximum Gasteiger partial charge on any atom is 0.416 e. The predicted molar refractivity (Wildman–Crippen MR) is 103 cm³/mol. The first kappa shape index (κ1) is 17.8. The fourth-order valence-electron chi connectivity index (χ4n) is 2.93. The molecule has 0 unspecified atom stereocenters. The Balaban J connectivity index is 1.70. The summed E-state index contributed by atoms with van der Waals surface area (Å²) in [6, 6.07) is 15.3. The summed E-state index contributed by atoms with van der Waals surface area (Å²) >= 11 is 0. The number of benzene rings is 2. The van der Waals surface area contributed by atoms with Crippen molar-refractivity contribution in [3.63, 3.8) is 0 Å². The molecule has 2 N–H and O–H groups in total. The van der Waals surface area contributed by atoms with Crippen molar-refractivity contribution in [2.45, 2.75) is 6.18 Å². The molecule has 4 rings (SSSR count). The van der Waals surface area contributed by atoms with Crippen LogP contribution in [0.5, 0.6) is 0 Å². The summed E-state index contributed by atoms with van der Waals surface area (Å²) in [5.41, 5.74) is 2.43. The van der Waals surface area contributed by atoms with Crippen molar-refractivity contribution in [2.24, 2.45) is 0 Å². The molecule has 0 atom stereocenters. The molecule has 4 nitrogen and oxygen atoms in total. The smallest absolute Gasteiger partial charge is 0.361 e. The average molecular weight is 381 g/mol. The summed E-state index contributed by atoms with van der Waals surface area (Å²) in [7, 11) is 0. The van der Waals surface area contributed by atoms with E-state index in [4.69, 9.17) is 0 Å². The Morgan fingerprint density at radius 2 is 1.71 bits per heavy atom. The maximum absolute atomic E-state index is 12.7. The third-order valence-electron chi connectivity index (χ3n) is 4.34. The summed E-state index contributed by atoms with van der Waals surface area (Å²) in [6.07, 6.45) is -1.29. The molecule has 28 heavy (non-hydrogen) atoms. The van der Waals surface area contributed by atoms with Gasteiger partial charge in [-0.2, -0.15) is 13.2 Å². The minimum absolute atomic E-state index is 0.121. The maximum atomic E-state index is 12.7. The molecule has 2 aromatic heterocycles. The number of rotatable bonds is 3. The molecule has 4 aromatic rings. The molecule has 2 aromatic carbocycles. The molecule has 0 aliphatic rings. The molecule has 0 saturated carbocycles. The fraction of sp³-hybridized carbons (Fsp3) is 0.0476. The highest BCUT2D eigenvalue weighted by atomic mass is 19.4. The van der Waals surface area contributed by atoms with Gasteiger partial charge in [0.1, 0.15) is 0 Å². The first-order chi connectivity index (χ1) is 13.4. The van der Waals surface area contributed by atoms with Gasteiger partial charge in [0.25, 0.3) is 0 Å². The Bertz CT molecular complexity index is 1200. The number of para-hydroxylation sites is 1. The standard InChI is InChI=1S/C21H14F3N3O/c22-21(23,24)13-5-7-14(8-6-13)27-17-4-2-1-3-15(17)18-11-19-16(12-26-18)20(28)9-10-25-19/h1-12,27H,(H,25,28). The zero-order valence-electron chi connectivity index (χ0n) is 14.4. The van der Waals surface area contributed by atoms with Gasteiger partial charge in [-0.05, 0) is 36.4 Å². The van der Waals surface area contributed by atoms with Crippen LogP contribution in [0.2, 0.25) is 0 Å². The molecule has 0 amide bonds. The van der Waals surface area contributed by atoms with Crippen molar-refractivity contribution in [3.8, 4) is 11.3 Å². The lowest BCUT2D eigenvalue weighted by atomic mass is 10.1. The van der Waals surface area contributed by atoms with Crippen LogP contribution in [0.15, 0.2) is 77.9 Å². The van der Waals surface area contributed by atoms with Crippen molar-refractivity contribution < 1.29 is 13.2 Å². The lowest BCUT2D eigenvalue weighted by Gasteiger charge is -2.13. The zero-order chi connectivity index (χ0) is 19.7. The predicted octanol–water partition coefficient (Wildman–Crippen LogP) is 5.35. The second-order valence-corrected chi connectivity index (χ2v) is 6.20. The summed E-state index contributed by atoms with van der Waals surface area (Å²) in [6.45, 7) is 0. The number of nitrogens with one attached hydrogen (secondary N) is 2. The molecule has 0 bridgehead atoms. The first-order valence-corrected chi connectivity index (χ1v) is 8.43. The van der Waals surface area contributed by atoms with Crippen LogP contribution in [-0.4, -0.2) is 9.97 Å². The van der Waals surface area contributed by atoms with Crippen LogP contribution in [-0.2, 0) is 6.18 Å². The van der Waals surface area contributed by atoms with Gasteiger partial charge in [0.2, 0.25) is 0 Å². The summed E-state index contributed by atoms with van der Waals surface area (Å²) in [5.74, 6) is 0. The summed E-state index contributed by atoms with van der Waals surface area (Å²) in [4.78, 5) is 19.3. The Kier molecular flexibility index (Phi) is 4.35. The zero-order valence-corrected chi connectivity index (χ0v) is 14.4. The quantitative estimate of drug-likeness (QED) is 0.503. The van der Waals surface area contributed by atoms with Gasteiger partial charge in [0, 0.05) is 35.4 Å². The number of hydrogen-bond donors (Lipinski definition) is 2. The first-order valence-electron chi connectivity index (χ1n) is 8.43. The van der Waals surface area contributed by atoms with Gasteiger partial charge in [-0.1, -0.05) is 18.2 Å². The Labute approximate surface area is 157 Å². The van der Waals surface area contributed by atoms with E-state index in [9.17, 15) is 18.0 Å². The van der Waals surface area contributed by atoms with E-state index in [1.807, 2.05) is 24.3 Å². The molecule has 2 heterocycles. The Morgan fingerprint density at radius 1 is 0.964 bits per heavy atom. The second-order valence-electron chi connectivity index (χ2n) is 6.20. The molecule has 0 spiro atoms. The van der Waals surface area contributed by atoms with Gasteiger partial charge in [-0.3, -0.25) is 9.78 Å². The van der Waals surface area contributed by atoms with Crippen LogP contribution in [0.4, 0.5) is 24.5 Å². The largest absolute Gasteiger partial charge is 0.416 e. The summed E-state index contributed by atoms with van der Waals surface area (Å²) < 4.78 is 38.2. The third kappa shape index (κ3) is 3.46. The molecular formula is C21H14F3N3O. The van der Waals surface area contributed by atoms with E-state index >= 15 is 0 Å². The molecular weight excluding hydrogens is 367 g/mol. The number of aromatic amines is 1. The Hall–Kier alpha value is -3.61. The SMILES string of the molecule is O=c1cc[nH]c2cc(-c3ccccc3Nc3ccc(C(F)(F)F)cc3)ncc12. The van der Waals surface area contributed by atoms with E-state index in [-0.39, 0.29) is 5.43 Å². The molecule has 0 fully saturated rings. The van der Waals surface area contributed by atoms with Crippen LogP contribution in [0.25, 0.3) is 22.2 Å². The van der Waals surface area contributed by atoms with E-state index in [1.165, 1.54) is 24.4 Å². The monoisotopic (exact) mass is 381 g/mol. The number of H-pyrrole nitrogens is 1. The number of pyridine rings is 2. The van der Waals surface area contributed by atoms with Gasteiger partial charge >= 0.3 is 6.18 Å². The third-order valence-corrected chi connectivity index (χ3v) is 4.34. The van der Waals surface area contributed by atoms with Crippen LogP contribution in [0, 0.1) is 0 Å². The topological polar surface area (TPSA) is 57.8 Å². The number of anilines is 2. The number of fused-ring (bicyclic) bond motifs is 1. The lowest BCUT2D eigenvalue weighted by molar-refractivity contribution is -0.137. The van der Waals surface area contributed by atoms with Gasteiger partial charge in [-0.25, -0.2) is 0 Å². The molecule has 140 valence electrons. The van der Waals surface area contributed by atoms with Crippen LogP contribution < -0.4 is 10.7 Å². The highest BCUT2D eigenvalue weighted by Gasteiger charge is 2.29. The van der Waals surface area contributed by atoms with Crippen molar-refractivity contribution in [1.82, 2.24) is 9.97 Å². The average Bonchev–Trinajstić information content (AvgIpc) is 2.68. The Morgan fingerprint density at radius 3 is 2.46 bits per heavy atom. The van der Waals surface area contributed by atoms with E-state index < -0.39 is 11.7 Å².